The molecule has 0 bridgehead atoms. The molecule has 2 atom stereocenters. The Morgan fingerprint density at radius 1 is 0.328 bits per heavy atom. The third-order valence-corrected chi connectivity index (χ3v) is 12.8. The van der Waals surface area contributed by atoms with Gasteiger partial charge in [-0.05, 0) is 37.0 Å². The van der Waals surface area contributed by atoms with Crippen LogP contribution in [0.25, 0.3) is 0 Å². The molecule has 0 aliphatic heterocycles. The maximum atomic E-state index is 12.8. The first-order valence-corrected chi connectivity index (χ1v) is 27.1. The summed E-state index contributed by atoms with van der Waals surface area (Å²) in [4.78, 5) is 38.0. The van der Waals surface area contributed by atoms with E-state index in [4.69, 9.17) is 14.2 Å². The summed E-state index contributed by atoms with van der Waals surface area (Å²) in [6, 6.07) is 0. The van der Waals surface area contributed by atoms with E-state index >= 15 is 0 Å². The van der Waals surface area contributed by atoms with Crippen LogP contribution in [0.5, 0.6) is 0 Å². The summed E-state index contributed by atoms with van der Waals surface area (Å²) in [5.41, 5.74) is 0. The van der Waals surface area contributed by atoms with E-state index < -0.39 is 6.10 Å². The molecule has 6 heteroatoms. The van der Waals surface area contributed by atoms with E-state index in [-0.39, 0.29) is 31.1 Å². The van der Waals surface area contributed by atoms with Gasteiger partial charge in [0, 0.05) is 19.3 Å². The van der Waals surface area contributed by atoms with Gasteiger partial charge in [0.15, 0.2) is 6.10 Å². The highest BCUT2D eigenvalue weighted by Crippen LogP contribution is 2.18. The number of rotatable bonds is 48. The molecule has 6 nitrogen and oxygen atoms in total. The zero-order valence-electron chi connectivity index (χ0n) is 42.0. The van der Waals surface area contributed by atoms with Gasteiger partial charge in [0.05, 0.1) is 0 Å². The van der Waals surface area contributed by atoms with Gasteiger partial charge in [-0.15, -0.1) is 0 Å². The number of hydrogen-bond donors (Lipinski definition) is 0. The van der Waals surface area contributed by atoms with E-state index in [2.05, 4.69) is 41.5 Å². The summed E-state index contributed by atoms with van der Waals surface area (Å²) in [6.45, 7) is 13.7. The first-order valence-electron chi connectivity index (χ1n) is 27.1. The Balaban J connectivity index is 4.27. The van der Waals surface area contributed by atoms with Crippen LogP contribution in [0.4, 0.5) is 0 Å². The summed E-state index contributed by atoms with van der Waals surface area (Å²) >= 11 is 0. The Bertz CT molecular complexity index is 947. The topological polar surface area (TPSA) is 78.9 Å². The van der Waals surface area contributed by atoms with Gasteiger partial charge in [-0.2, -0.15) is 0 Å². The molecule has 0 aromatic rings. The Kier molecular flexibility index (Phi) is 45.2. The minimum Gasteiger partial charge on any atom is -0.462 e. The molecule has 0 N–H and O–H groups in total. The van der Waals surface area contributed by atoms with Gasteiger partial charge in [0.1, 0.15) is 13.2 Å². The molecular formula is C55H106O6. The molecule has 0 radical (unpaired) electrons. The third-order valence-electron chi connectivity index (χ3n) is 12.8. The van der Waals surface area contributed by atoms with Crippen LogP contribution in [0.1, 0.15) is 298 Å². The fourth-order valence-electron chi connectivity index (χ4n) is 8.26. The molecule has 0 aliphatic rings. The quantitative estimate of drug-likeness (QED) is 0.0344. The predicted octanol–water partition coefficient (Wildman–Crippen LogP) is 17.6. The average molecular weight is 863 g/mol. The highest BCUT2D eigenvalue weighted by atomic mass is 16.6. The van der Waals surface area contributed by atoms with Crippen molar-refractivity contribution < 1.29 is 28.6 Å². The minimum absolute atomic E-state index is 0.0646. The summed E-state index contributed by atoms with van der Waals surface area (Å²) in [7, 11) is 0. The van der Waals surface area contributed by atoms with Crippen LogP contribution in [0.15, 0.2) is 0 Å². The van der Waals surface area contributed by atoms with Crippen LogP contribution < -0.4 is 0 Å². The first kappa shape index (κ1) is 59.4. The van der Waals surface area contributed by atoms with Crippen molar-refractivity contribution in [2.75, 3.05) is 13.2 Å². The number of ether oxygens (including phenoxy) is 3. The third kappa shape index (κ3) is 47.7. The molecule has 0 saturated carbocycles. The molecule has 1 unspecified atom stereocenters. The number of hydrogen-bond acceptors (Lipinski definition) is 6. The predicted molar refractivity (Wildman–Crippen MR) is 261 cm³/mol. The number of carbonyl (C=O) groups is 3. The summed E-state index contributed by atoms with van der Waals surface area (Å²) in [6.07, 6.45) is 46.6. The molecule has 0 saturated heterocycles. The standard InChI is InChI=1S/C55H106O6/c1-7-51(6)43-37-31-25-18-14-10-8-9-11-15-19-26-32-38-44-53(56)59-47-52(61-55(58)46-40-34-28-22-21-24-30-36-42-50(4)5)48-60-54(57)45-39-33-27-20-16-12-13-17-23-29-35-41-49(2)3/h49-52H,7-48H2,1-6H3/t51?,52-/m0/s1. The molecule has 0 aromatic heterocycles. The smallest absolute Gasteiger partial charge is 0.306 e. The first-order chi connectivity index (χ1) is 29.6. The van der Waals surface area contributed by atoms with Gasteiger partial charge in [0.25, 0.3) is 0 Å². The SMILES string of the molecule is CCC(C)CCCCCCCCCCCCCCCCC(=O)OC[C@@H](COC(=O)CCCCCCCCCCCCCC(C)C)OC(=O)CCCCCCCCCCC(C)C. The van der Waals surface area contributed by atoms with Crippen molar-refractivity contribution in [1.82, 2.24) is 0 Å². The van der Waals surface area contributed by atoms with E-state index in [1.807, 2.05) is 0 Å². The Hall–Kier alpha value is -1.59. The van der Waals surface area contributed by atoms with Crippen LogP contribution in [0.3, 0.4) is 0 Å². The van der Waals surface area contributed by atoms with Crippen LogP contribution in [0, 0.1) is 17.8 Å². The van der Waals surface area contributed by atoms with Crippen molar-refractivity contribution >= 4 is 17.9 Å². The largest absolute Gasteiger partial charge is 0.462 e. The molecule has 0 heterocycles. The summed E-state index contributed by atoms with van der Waals surface area (Å²) in [5.74, 6) is 1.66. The zero-order chi connectivity index (χ0) is 44.9. The molecule has 61 heavy (non-hydrogen) atoms. The van der Waals surface area contributed by atoms with E-state index in [1.165, 1.54) is 180 Å². The van der Waals surface area contributed by atoms with Crippen LogP contribution in [0.2, 0.25) is 0 Å². The fourth-order valence-corrected chi connectivity index (χ4v) is 8.26. The normalized spacial score (nSPS) is 12.6. The minimum atomic E-state index is -0.763. The Labute approximate surface area is 380 Å². The lowest BCUT2D eigenvalue weighted by atomic mass is 9.99. The average Bonchev–Trinajstić information content (AvgIpc) is 3.23. The molecule has 0 rings (SSSR count). The van der Waals surface area contributed by atoms with Gasteiger partial charge in [-0.3, -0.25) is 14.4 Å². The van der Waals surface area contributed by atoms with Crippen LogP contribution >= 0.6 is 0 Å². The molecule has 0 aromatic carbocycles. The van der Waals surface area contributed by atoms with E-state index in [0.29, 0.717) is 19.3 Å². The second-order valence-electron chi connectivity index (χ2n) is 20.1. The van der Waals surface area contributed by atoms with E-state index in [9.17, 15) is 14.4 Å². The highest BCUT2D eigenvalue weighted by Gasteiger charge is 2.19. The van der Waals surface area contributed by atoms with Crippen molar-refractivity contribution in [3.63, 3.8) is 0 Å². The Morgan fingerprint density at radius 3 is 0.852 bits per heavy atom. The number of unbranched alkanes of at least 4 members (excludes halogenated alkanes) is 30. The maximum absolute atomic E-state index is 12.8. The highest BCUT2D eigenvalue weighted by molar-refractivity contribution is 5.71. The fraction of sp³-hybridized carbons (Fsp3) is 0.945. The van der Waals surface area contributed by atoms with Gasteiger partial charge in [0.2, 0.25) is 0 Å². The number of carbonyl (C=O) groups excluding carboxylic acids is 3. The lowest BCUT2D eigenvalue weighted by Crippen LogP contribution is -2.30. The molecule has 0 amide bonds. The lowest BCUT2D eigenvalue weighted by Gasteiger charge is -2.18. The summed E-state index contributed by atoms with van der Waals surface area (Å²) in [5, 5.41) is 0. The monoisotopic (exact) mass is 863 g/mol. The molecule has 0 fully saturated rings. The molecular weight excluding hydrogens is 757 g/mol. The van der Waals surface area contributed by atoms with Crippen molar-refractivity contribution in [3.05, 3.63) is 0 Å². The molecule has 362 valence electrons. The lowest BCUT2D eigenvalue weighted by molar-refractivity contribution is -0.167. The van der Waals surface area contributed by atoms with Crippen molar-refractivity contribution in [1.29, 1.82) is 0 Å². The molecule has 0 spiro atoms. The van der Waals surface area contributed by atoms with Crippen molar-refractivity contribution in [2.45, 2.75) is 304 Å². The maximum Gasteiger partial charge on any atom is 0.306 e. The second-order valence-corrected chi connectivity index (χ2v) is 20.1. The van der Waals surface area contributed by atoms with Crippen LogP contribution in [-0.2, 0) is 28.6 Å². The Morgan fingerprint density at radius 2 is 0.574 bits per heavy atom. The second kappa shape index (κ2) is 46.4. The summed E-state index contributed by atoms with van der Waals surface area (Å²) < 4.78 is 16.8. The van der Waals surface area contributed by atoms with Crippen molar-refractivity contribution in [2.24, 2.45) is 17.8 Å². The van der Waals surface area contributed by atoms with Crippen molar-refractivity contribution in [3.8, 4) is 0 Å². The molecule has 0 aliphatic carbocycles. The van der Waals surface area contributed by atoms with E-state index in [1.54, 1.807) is 0 Å². The number of esters is 3. The van der Waals surface area contributed by atoms with E-state index in [0.717, 1.165) is 75.5 Å². The van der Waals surface area contributed by atoms with Crippen LogP contribution in [-0.4, -0.2) is 37.2 Å². The van der Waals surface area contributed by atoms with Gasteiger partial charge >= 0.3 is 17.9 Å². The van der Waals surface area contributed by atoms with Gasteiger partial charge in [-0.1, -0.05) is 260 Å². The van der Waals surface area contributed by atoms with Gasteiger partial charge < -0.3 is 14.2 Å². The zero-order valence-corrected chi connectivity index (χ0v) is 42.0. The van der Waals surface area contributed by atoms with Gasteiger partial charge in [-0.25, -0.2) is 0 Å².